The Balaban J connectivity index is 4.17. The predicted molar refractivity (Wildman–Crippen MR) is 48.5 cm³/mol. The van der Waals surface area contributed by atoms with Crippen LogP contribution in [0.4, 0.5) is 0 Å². The van der Waals surface area contributed by atoms with Crippen LogP contribution in [0.2, 0.25) is 0 Å². The number of oxime groups is 1. The van der Waals surface area contributed by atoms with Crippen molar-refractivity contribution in [2.75, 3.05) is 7.11 Å². The second kappa shape index (κ2) is 3.76. The van der Waals surface area contributed by atoms with E-state index in [1.54, 1.807) is 7.11 Å². The van der Waals surface area contributed by atoms with Crippen LogP contribution in [-0.4, -0.2) is 22.7 Å². The summed E-state index contributed by atoms with van der Waals surface area (Å²) in [5.41, 5.74) is 0.238. The lowest BCUT2D eigenvalue weighted by Crippen LogP contribution is -2.23. The molecule has 0 radical (unpaired) electrons. The first-order valence-corrected chi connectivity index (χ1v) is 4.63. The molecule has 0 aromatic rings. The first kappa shape index (κ1) is 9.69. The van der Waals surface area contributed by atoms with Crippen LogP contribution in [0.15, 0.2) is 5.16 Å². The Labute approximate surface area is 66.1 Å². The highest BCUT2D eigenvalue weighted by molar-refractivity contribution is 6.60. The van der Waals surface area contributed by atoms with Gasteiger partial charge in [-0.3, -0.25) is 0 Å². The normalized spacial score (nSPS) is 13.8. The summed E-state index contributed by atoms with van der Waals surface area (Å²) in [6.07, 6.45) is 1.12. The van der Waals surface area contributed by atoms with Crippen LogP contribution in [0.25, 0.3) is 0 Å². The van der Waals surface area contributed by atoms with Gasteiger partial charge in [0.05, 0.1) is 10.2 Å². The molecule has 0 aromatic heterocycles. The third kappa shape index (κ3) is 2.52. The molecule has 0 amide bonds. The van der Waals surface area contributed by atoms with Crippen LogP contribution in [0.1, 0.15) is 27.2 Å². The molecule has 0 heterocycles. The molecule has 0 rings (SSSR count). The van der Waals surface area contributed by atoms with Gasteiger partial charge in [-0.15, -0.1) is 5.16 Å². The Morgan fingerprint density at radius 2 is 2.10 bits per heavy atom. The molecule has 10 heavy (non-hydrogen) atoms. The number of hydrogen-bond acceptors (Lipinski definition) is 2. The molecule has 0 bridgehead atoms. The average molecular weight is 159 g/mol. The Morgan fingerprint density at radius 3 is 2.40 bits per heavy atom. The van der Waals surface area contributed by atoms with Crippen LogP contribution in [-0.2, 0) is 4.84 Å². The second-order valence-electron chi connectivity index (χ2n) is 3.10. The van der Waals surface area contributed by atoms with E-state index in [4.69, 9.17) is 4.84 Å². The lowest BCUT2D eigenvalue weighted by Gasteiger charge is -2.21. The van der Waals surface area contributed by atoms with Gasteiger partial charge in [0.25, 0.3) is 0 Å². The highest BCUT2D eigenvalue weighted by Gasteiger charge is 2.18. The van der Waals surface area contributed by atoms with Crippen LogP contribution in [0.5, 0.6) is 0 Å². The summed E-state index contributed by atoms with van der Waals surface area (Å²) >= 11 is 0. The van der Waals surface area contributed by atoms with Gasteiger partial charge in [0.15, 0.2) is 0 Å². The van der Waals surface area contributed by atoms with Gasteiger partial charge in [-0.25, -0.2) is 0 Å². The van der Waals surface area contributed by atoms with Crippen molar-refractivity contribution < 1.29 is 4.84 Å². The van der Waals surface area contributed by atoms with Crippen LogP contribution in [0, 0.1) is 5.41 Å². The minimum absolute atomic E-state index is 0.238. The molecule has 0 unspecified atom stereocenters. The summed E-state index contributed by atoms with van der Waals surface area (Å²) < 4.78 is 0. The minimum atomic E-state index is 0.238. The molecule has 0 fully saturated rings. The Hall–Kier alpha value is -0.313. The monoisotopic (exact) mass is 159 g/mol. The van der Waals surface area contributed by atoms with Crippen molar-refractivity contribution in [3.05, 3.63) is 0 Å². The topological polar surface area (TPSA) is 21.6 Å². The van der Waals surface area contributed by atoms with Crippen molar-refractivity contribution >= 4 is 15.6 Å². The largest absolute Gasteiger partial charge is 0.400 e. The van der Waals surface area contributed by atoms with Gasteiger partial charge >= 0.3 is 0 Å². The van der Waals surface area contributed by atoms with Crippen molar-refractivity contribution in [2.45, 2.75) is 27.2 Å². The maximum atomic E-state index is 4.71. The Bertz CT molecular complexity index is 132. The smallest absolute Gasteiger partial charge is 0.106 e. The van der Waals surface area contributed by atoms with E-state index in [0.717, 1.165) is 16.7 Å². The molecule has 0 atom stereocenters. The maximum absolute atomic E-state index is 4.71. The maximum Gasteiger partial charge on any atom is 0.106 e. The molecular formula is C7H17NOSi. The quantitative estimate of drug-likeness (QED) is 0.338. The van der Waals surface area contributed by atoms with Gasteiger partial charge in [0, 0.05) is 10.7 Å². The fourth-order valence-electron chi connectivity index (χ4n) is 0.516. The fourth-order valence-corrected chi connectivity index (χ4v) is 1.05. The van der Waals surface area contributed by atoms with E-state index in [1.807, 2.05) is 0 Å². The number of hydrogen-bond donors (Lipinski definition) is 0. The minimum Gasteiger partial charge on any atom is -0.400 e. The lowest BCUT2D eigenvalue weighted by atomic mass is 9.92. The first-order valence-electron chi connectivity index (χ1n) is 3.63. The Kier molecular flexibility index (Phi) is 3.64. The van der Waals surface area contributed by atoms with Crippen molar-refractivity contribution in [3.8, 4) is 0 Å². The molecule has 0 saturated heterocycles. The zero-order valence-corrected chi connectivity index (χ0v) is 9.56. The highest BCUT2D eigenvalue weighted by Crippen LogP contribution is 2.20. The van der Waals surface area contributed by atoms with Crippen LogP contribution in [0.3, 0.4) is 0 Å². The SMILES string of the molecule is CCC(C)(C)C([SiH3])=NOC. The second-order valence-corrected chi connectivity index (χ2v) is 4.04. The van der Waals surface area contributed by atoms with E-state index < -0.39 is 0 Å². The highest BCUT2D eigenvalue weighted by atomic mass is 28.1. The van der Waals surface area contributed by atoms with Gasteiger partial charge in [0.2, 0.25) is 0 Å². The average Bonchev–Trinajstić information content (AvgIpc) is 1.89. The van der Waals surface area contributed by atoms with Crippen molar-refractivity contribution in [2.24, 2.45) is 10.6 Å². The molecule has 0 spiro atoms. The molecule has 0 N–H and O–H groups in total. The third-order valence-corrected chi connectivity index (χ3v) is 3.63. The summed E-state index contributed by atoms with van der Waals surface area (Å²) in [5, 5.41) is 5.14. The lowest BCUT2D eigenvalue weighted by molar-refractivity contribution is 0.210. The predicted octanol–water partition coefficient (Wildman–Crippen LogP) is 0.748. The first-order chi connectivity index (χ1) is 4.54. The summed E-state index contributed by atoms with van der Waals surface area (Å²) in [5.74, 6) is 0. The van der Waals surface area contributed by atoms with Gasteiger partial charge in [-0.2, -0.15) is 0 Å². The summed E-state index contributed by atoms with van der Waals surface area (Å²) in [4.78, 5) is 4.71. The van der Waals surface area contributed by atoms with Gasteiger partial charge in [-0.05, 0) is 6.42 Å². The molecule has 0 aliphatic heterocycles. The molecule has 0 aliphatic rings. The van der Waals surface area contributed by atoms with Crippen molar-refractivity contribution in [3.63, 3.8) is 0 Å². The molecule has 60 valence electrons. The zero-order chi connectivity index (χ0) is 8.20. The molecular weight excluding hydrogens is 142 g/mol. The molecule has 0 aliphatic carbocycles. The molecule has 3 heteroatoms. The van der Waals surface area contributed by atoms with E-state index in [-0.39, 0.29) is 5.41 Å². The molecule has 0 saturated carbocycles. The van der Waals surface area contributed by atoms with Gasteiger partial charge < -0.3 is 4.84 Å². The standard InChI is InChI=1S/C7H17NOSi/c1-5-7(2,3)6(10)8-9-4/h5H2,1-4,10H3. The van der Waals surface area contributed by atoms with Gasteiger partial charge in [-0.1, -0.05) is 20.8 Å². The van der Waals surface area contributed by atoms with Crippen molar-refractivity contribution in [1.29, 1.82) is 0 Å². The van der Waals surface area contributed by atoms with Crippen LogP contribution < -0.4 is 0 Å². The van der Waals surface area contributed by atoms with Crippen molar-refractivity contribution in [1.82, 2.24) is 0 Å². The summed E-state index contributed by atoms with van der Waals surface area (Å²) in [6.45, 7) is 6.55. The molecule has 0 aromatic carbocycles. The van der Waals surface area contributed by atoms with E-state index in [2.05, 4.69) is 25.9 Å². The van der Waals surface area contributed by atoms with Gasteiger partial charge in [0.1, 0.15) is 7.11 Å². The van der Waals surface area contributed by atoms with Crippen LogP contribution >= 0.6 is 0 Å². The number of rotatable bonds is 3. The molecule has 2 nitrogen and oxygen atoms in total. The van der Waals surface area contributed by atoms with E-state index in [1.165, 1.54) is 5.33 Å². The fraction of sp³-hybridized carbons (Fsp3) is 0.857. The zero-order valence-electron chi connectivity index (χ0n) is 7.56. The number of nitrogens with zero attached hydrogens (tertiary/aromatic N) is 1. The summed E-state index contributed by atoms with van der Waals surface area (Å²) in [7, 11) is 2.59. The Morgan fingerprint density at radius 1 is 1.60 bits per heavy atom. The van der Waals surface area contributed by atoms with E-state index >= 15 is 0 Å². The summed E-state index contributed by atoms with van der Waals surface area (Å²) in [6, 6.07) is 0. The van der Waals surface area contributed by atoms with E-state index in [0.29, 0.717) is 0 Å². The third-order valence-electron chi connectivity index (χ3n) is 2.09. The van der Waals surface area contributed by atoms with E-state index in [9.17, 15) is 0 Å².